The summed E-state index contributed by atoms with van der Waals surface area (Å²) in [6.45, 7) is 8.26. The first-order chi connectivity index (χ1) is 12.7. The number of hydrogen-bond donors (Lipinski definition) is 2. The molecule has 0 radical (unpaired) electrons. The van der Waals surface area contributed by atoms with Crippen LogP contribution in [0.5, 0.6) is 5.75 Å². The van der Waals surface area contributed by atoms with Crippen LogP contribution in [0.2, 0.25) is 0 Å². The second kappa shape index (κ2) is 10.5. The topological polar surface area (TPSA) is 71.7 Å². The van der Waals surface area contributed by atoms with Gasteiger partial charge in [-0.3, -0.25) is 0 Å². The Kier molecular flexibility index (Phi) is 7.99. The second-order valence-corrected chi connectivity index (χ2v) is 6.09. The van der Waals surface area contributed by atoms with Crippen molar-refractivity contribution in [3.63, 3.8) is 0 Å². The summed E-state index contributed by atoms with van der Waals surface area (Å²) < 4.78 is 10.8. The van der Waals surface area contributed by atoms with Crippen molar-refractivity contribution in [2.24, 2.45) is 4.99 Å². The van der Waals surface area contributed by atoms with Crippen LogP contribution in [0.15, 0.2) is 39.8 Å². The van der Waals surface area contributed by atoms with Crippen molar-refractivity contribution >= 4 is 5.96 Å². The number of guanidine groups is 1. The number of nitrogens with one attached hydrogen (secondary N) is 2. The van der Waals surface area contributed by atoms with Crippen molar-refractivity contribution in [1.29, 1.82) is 0 Å². The van der Waals surface area contributed by atoms with E-state index in [0.29, 0.717) is 19.0 Å². The number of nitrogens with zero attached hydrogens (tertiary/aromatic N) is 2. The second-order valence-electron chi connectivity index (χ2n) is 6.09. The molecule has 0 saturated carbocycles. The molecule has 0 unspecified atom stereocenters. The highest BCUT2D eigenvalue weighted by Crippen LogP contribution is 2.22. The quantitative estimate of drug-likeness (QED) is 0.526. The van der Waals surface area contributed by atoms with E-state index in [0.717, 1.165) is 48.1 Å². The highest BCUT2D eigenvalue weighted by Gasteiger charge is 2.13. The molecule has 26 heavy (non-hydrogen) atoms. The van der Waals surface area contributed by atoms with E-state index in [4.69, 9.17) is 9.26 Å². The van der Waals surface area contributed by atoms with Crippen molar-refractivity contribution in [3.05, 3.63) is 47.3 Å². The Balaban J connectivity index is 1.99. The van der Waals surface area contributed by atoms with Gasteiger partial charge in [-0.15, -0.1) is 0 Å². The number of hydrogen-bond acceptors (Lipinski definition) is 4. The maximum Gasteiger partial charge on any atom is 0.191 e. The van der Waals surface area contributed by atoms with Crippen LogP contribution in [0.3, 0.4) is 0 Å². The Morgan fingerprint density at radius 2 is 1.96 bits per heavy atom. The van der Waals surface area contributed by atoms with E-state index in [1.807, 2.05) is 37.3 Å². The van der Waals surface area contributed by atoms with Gasteiger partial charge in [-0.25, -0.2) is 4.99 Å². The van der Waals surface area contributed by atoms with E-state index in [1.54, 1.807) is 7.11 Å². The van der Waals surface area contributed by atoms with E-state index in [-0.39, 0.29) is 0 Å². The summed E-state index contributed by atoms with van der Waals surface area (Å²) in [5, 5.41) is 10.8. The van der Waals surface area contributed by atoms with Crippen LogP contribution in [0, 0.1) is 0 Å². The highest BCUT2D eigenvalue weighted by atomic mass is 16.5. The van der Waals surface area contributed by atoms with E-state index in [1.165, 1.54) is 0 Å². The Morgan fingerprint density at radius 1 is 1.19 bits per heavy atom. The first kappa shape index (κ1) is 19.8. The van der Waals surface area contributed by atoms with Crippen molar-refractivity contribution in [3.8, 4) is 5.75 Å². The minimum absolute atomic E-state index is 0.458. The van der Waals surface area contributed by atoms with Gasteiger partial charge in [0.1, 0.15) is 5.75 Å². The SMILES string of the molecule is CCNC(=NCc1ccccc1OC)NCc1cc(C(CC)CC)no1. The molecule has 0 saturated heterocycles. The Bertz CT molecular complexity index is 693. The van der Waals surface area contributed by atoms with Gasteiger partial charge in [0.05, 0.1) is 25.9 Å². The van der Waals surface area contributed by atoms with Gasteiger partial charge in [0.25, 0.3) is 0 Å². The average molecular weight is 358 g/mol. The van der Waals surface area contributed by atoms with Gasteiger partial charge < -0.3 is 19.9 Å². The van der Waals surface area contributed by atoms with Gasteiger partial charge in [-0.2, -0.15) is 0 Å². The summed E-state index contributed by atoms with van der Waals surface area (Å²) in [7, 11) is 1.67. The van der Waals surface area contributed by atoms with Gasteiger partial charge >= 0.3 is 0 Å². The number of methoxy groups -OCH3 is 1. The number of rotatable bonds is 9. The summed E-state index contributed by atoms with van der Waals surface area (Å²) in [5.41, 5.74) is 2.07. The predicted octanol–water partition coefficient (Wildman–Crippen LogP) is 3.84. The number of aliphatic imine (C=N–C) groups is 1. The van der Waals surface area contributed by atoms with Crippen molar-refractivity contribution in [1.82, 2.24) is 15.8 Å². The molecular formula is C20H30N4O2. The van der Waals surface area contributed by atoms with Crippen LogP contribution in [0.4, 0.5) is 0 Å². The first-order valence-electron chi connectivity index (χ1n) is 9.31. The molecular weight excluding hydrogens is 328 g/mol. The minimum atomic E-state index is 0.458. The third-order valence-electron chi connectivity index (χ3n) is 4.36. The fraction of sp³-hybridized carbons (Fsp3) is 0.500. The smallest absolute Gasteiger partial charge is 0.191 e. The summed E-state index contributed by atoms with van der Waals surface area (Å²) in [5.74, 6) is 2.85. The summed E-state index contributed by atoms with van der Waals surface area (Å²) in [6.07, 6.45) is 2.14. The molecule has 1 heterocycles. The molecule has 1 aromatic heterocycles. The molecule has 2 rings (SSSR count). The molecule has 1 aromatic carbocycles. The lowest BCUT2D eigenvalue weighted by Crippen LogP contribution is -2.36. The van der Waals surface area contributed by atoms with Crippen LogP contribution in [-0.2, 0) is 13.1 Å². The zero-order valence-corrected chi connectivity index (χ0v) is 16.2. The van der Waals surface area contributed by atoms with Crippen LogP contribution in [-0.4, -0.2) is 24.8 Å². The Hall–Kier alpha value is -2.50. The highest BCUT2D eigenvalue weighted by molar-refractivity contribution is 5.79. The predicted molar refractivity (Wildman–Crippen MR) is 104 cm³/mol. The maximum atomic E-state index is 5.46. The fourth-order valence-electron chi connectivity index (χ4n) is 2.82. The van der Waals surface area contributed by atoms with Crippen LogP contribution < -0.4 is 15.4 Å². The Morgan fingerprint density at radius 3 is 2.65 bits per heavy atom. The van der Waals surface area contributed by atoms with Crippen LogP contribution >= 0.6 is 0 Å². The Labute approximate surface area is 156 Å². The zero-order chi connectivity index (χ0) is 18.8. The van der Waals surface area contributed by atoms with Crippen molar-refractivity contribution in [2.75, 3.05) is 13.7 Å². The third kappa shape index (κ3) is 5.51. The molecule has 2 aromatic rings. The van der Waals surface area contributed by atoms with Gasteiger partial charge in [0.15, 0.2) is 11.7 Å². The molecule has 6 nitrogen and oxygen atoms in total. The first-order valence-corrected chi connectivity index (χ1v) is 9.31. The van der Waals surface area contributed by atoms with E-state index in [2.05, 4.69) is 34.6 Å². The molecule has 2 N–H and O–H groups in total. The molecule has 6 heteroatoms. The number of benzene rings is 1. The van der Waals surface area contributed by atoms with Crippen LogP contribution in [0.25, 0.3) is 0 Å². The zero-order valence-electron chi connectivity index (χ0n) is 16.2. The standard InChI is InChI=1S/C20H30N4O2/c1-5-15(6-2)18-12-17(26-24-18)14-23-20(21-7-3)22-13-16-10-8-9-11-19(16)25-4/h8-12,15H,5-7,13-14H2,1-4H3,(H2,21,22,23). The van der Waals surface area contributed by atoms with Crippen LogP contribution in [0.1, 0.15) is 56.5 Å². The lowest BCUT2D eigenvalue weighted by Gasteiger charge is -2.11. The van der Waals surface area contributed by atoms with E-state index >= 15 is 0 Å². The molecule has 0 fully saturated rings. The lowest BCUT2D eigenvalue weighted by molar-refractivity contribution is 0.368. The summed E-state index contributed by atoms with van der Waals surface area (Å²) >= 11 is 0. The molecule has 0 spiro atoms. The van der Waals surface area contributed by atoms with E-state index < -0.39 is 0 Å². The normalized spacial score (nSPS) is 11.7. The molecule has 0 amide bonds. The molecule has 0 atom stereocenters. The van der Waals surface area contributed by atoms with Gasteiger partial charge in [0.2, 0.25) is 0 Å². The fourth-order valence-corrected chi connectivity index (χ4v) is 2.82. The molecule has 0 aliphatic carbocycles. The summed E-state index contributed by atoms with van der Waals surface area (Å²) in [6, 6.07) is 9.94. The lowest BCUT2D eigenvalue weighted by atomic mass is 9.99. The average Bonchev–Trinajstić information content (AvgIpc) is 3.14. The van der Waals surface area contributed by atoms with Crippen molar-refractivity contribution < 1.29 is 9.26 Å². The molecule has 142 valence electrons. The van der Waals surface area contributed by atoms with Gasteiger partial charge in [-0.05, 0) is 25.8 Å². The van der Waals surface area contributed by atoms with E-state index in [9.17, 15) is 0 Å². The number of aromatic nitrogens is 1. The molecule has 0 aliphatic rings. The summed E-state index contributed by atoms with van der Waals surface area (Å²) in [4.78, 5) is 4.63. The number of para-hydroxylation sites is 1. The minimum Gasteiger partial charge on any atom is -0.496 e. The van der Waals surface area contributed by atoms with Gasteiger partial charge in [-0.1, -0.05) is 37.2 Å². The monoisotopic (exact) mass is 358 g/mol. The third-order valence-corrected chi connectivity index (χ3v) is 4.36. The largest absolute Gasteiger partial charge is 0.496 e. The van der Waals surface area contributed by atoms with Crippen molar-refractivity contribution in [2.45, 2.75) is 52.6 Å². The number of ether oxygens (including phenoxy) is 1. The maximum absolute atomic E-state index is 5.46. The molecule has 0 aliphatic heterocycles. The van der Waals surface area contributed by atoms with Gasteiger partial charge in [0, 0.05) is 24.1 Å². The molecule has 0 bridgehead atoms.